The summed E-state index contributed by atoms with van der Waals surface area (Å²) in [5.41, 5.74) is 13.2. The summed E-state index contributed by atoms with van der Waals surface area (Å²) < 4.78 is 0. The van der Waals surface area contributed by atoms with Gasteiger partial charge in [-0.1, -0.05) is 45.8 Å². The molecular formula is C25H34N8O2. The second-order valence-corrected chi connectivity index (χ2v) is 7.85. The van der Waals surface area contributed by atoms with Crippen molar-refractivity contribution in [2.45, 2.75) is 40.5 Å². The lowest BCUT2D eigenvalue weighted by molar-refractivity contribution is -0.112. The molecule has 0 aliphatic rings. The minimum atomic E-state index is -0.737. The van der Waals surface area contributed by atoms with Crippen LogP contribution in [-0.2, 0) is 4.79 Å². The third-order valence-electron chi connectivity index (χ3n) is 4.56. The van der Waals surface area contributed by atoms with Gasteiger partial charge in [-0.3, -0.25) is 4.79 Å². The first-order valence-corrected chi connectivity index (χ1v) is 11.2. The van der Waals surface area contributed by atoms with Crippen molar-refractivity contribution in [1.29, 1.82) is 10.8 Å². The van der Waals surface area contributed by atoms with Crippen LogP contribution < -0.4 is 22.1 Å². The molecular weight excluding hydrogens is 444 g/mol. The van der Waals surface area contributed by atoms with E-state index in [4.69, 9.17) is 22.3 Å². The molecule has 0 saturated carbocycles. The van der Waals surface area contributed by atoms with Crippen molar-refractivity contribution in [3.63, 3.8) is 0 Å². The van der Waals surface area contributed by atoms with Crippen LogP contribution in [0.1, 0.15) is 51.8 Å². The lowest BCUT2D eigenvalue weighted by atomic mass is 10.1. The number of rotatable bonds is 8. The van der Waals surface area contributed by atoms with Crippen molar-refractivity contribution < 1.29 is 9.59 Å². The molecule has 3 amide bonds. The first-order chi connectivity index (χ1) is 16.6. The number of hydrogen-bond acceptors (Lipinski definition) is 6. The van der Waals surface area contributed by atoms with Crippen LogP contribution in [0, 0.1) is 16.7 Å². The van der Waals surface area contributed by atoms with Gasteiger partial charge in [0, 0.05) is 29.4 Å². The highest BCUT2D eigenvalue weighted by Gasteiger charge is 2.10. The average Bonchev–Trinajstić information content (AvgIpc) is 2.81. The number of nitrogens with two attached hydrogens (primary N) is 2. The Kier molecular flexibility index (Phi) is 12.1. The number of carbonyl (C=O) groups is 2. The smallest absolute Gasteiger partial charge is 0.347 e. The van der Waals surface area contributed by atoms with E-state index in [-0.39, 0.29) is 22.9 Å². The van der Waals surface area contributed by atoms with Crippen LogP contribution in [0.5, 0.6) is 0 Å². The van der Waals surface area contributed by atoms with E-state index in [2.05, 4.69) is 41.4 Å². The van der Waals surface area contributed by atoms with E-state index in [1.54, 1.807) is 31.2 Å². The minimum absolute atomic E-state index is 0.153. The standard InChI is InChI=1S/C19H20N8O2.C6H14/c1-2-11(9-20)18(28)26-16-5-3-4-15(25-16)17(23)27-19(29)24-13-6-7-14(22)12(8-13)10-21;1-4-5-6(2)3/h2-10,20-21H,22H2,1H3,(H,25,26,28)(H3,23,24,27,29);6H,4-5H2,1-3H3/b11-2+,20-9?,21-10?;. The van der Waals surface area contributed by atoms with Gasteiger partial charge in [0.1, 0.15) is 11.5 Å². The van der Waals surface area contributed by atoms with Gasteiger partial charge in [0.25, 0.3) is 5.91 Å². The first kappa shape index (κ1) is 28.7. The lowest BCUT2D eigenvalue weighted by Crippen LogP contribution is -2.21. The molecule has 10 heteroatoms. The Balaban J connectivity index is 0.000000905. The molecule has 0 aliphatic carbocycles. The molecule has 0 aliphatic heterocycles. The average molecular weight is 479 g/mol. The van der Waals surface area contributed by atoms with Crippen molar-refractivity contribution in [3.05, 3.63) is 59.3 Å². The van der Waals surface area contributed by atoms with Gasteiger partial charge in [0.2, 0.25) is 0 Å². The maximum atomic E-state index is 12.1. The van der Waals surface area contributed by atoms with Crippen molar-refractivity contribution >= 4 is 47.4 Å². The van der Waals surface area contributed by atoms with Crippen LogP contribution in [0.3, 0.4) is 0 Å². The zero-order valence-electron chi connectivity index (χ0n) is 20.6. The summed E-state index contributed by atoms with van der Waals surface area (Å²) in [6.07, 6.45) is 6.20. The van der Waals surface area contributed by atoms with E-state index in [1.165, 1.54) is 31.1 Å². The SMILES string of the molecule is C/C=C(\C=N)C(=O)Nc1cccc(/C(N)=N/C(=O)Nc2ccc(N)c(C=N)c2)n1.CCCC(C)C. The largest absolute Gasteiger partial charge is 0.398 e. The van der Waals surface area contributed by atoms with Gasteiger partial charge < -0.3 is 32.9 Å². The molecule has 10 nitrogen and oxygen atoms in total. The molecule has 0 atom stereocenters. The molecule has 35 heavy (non-hydrogen) atoms. The molecule has 2 aromatic rings. The third kappa shape index (κ3) is 9.99. The fraction of sp³-hybridized carbons (Fsp3) is 0.280. The molecule has 0 bridgehead atoms. The number of nitrogen functional groups attached to an aromatic ring is 1. The Morgan fingerprint density at radius 3 is 2.43 bits per heavy atom. The third-order valence-corrected chi connectivity index (χ3v) is 4.56. The van der Waals surface area contributed by atoms with Crippen LogP contribution in [-0.4, -0.2) is 35.2 Å². The summed E-state index contributed by atoms with van der Waals surface area (Å²) in [5, 5.41) is 19.5. The summed E-state index contributed by atoms with van der Waals surface area (Å²) in [6, 6.07) is 8.59. The van der Waals surface area contributed by atoms with Crippen LogP contribution in [0.25, 0.3) is 0 Å². The summed E-state index contributed by atoms with van der Waals surface area (Å²) in [6.45, 7) is 8.37. The molecule has 1 heterocycles. The fourth-order valence-electron chi connectivity index (χ4n) is 2.79. The van der Waals surface area contributed by atoms with Crippen molar-refractivity contribution in [1.82, 2.24) is 4.98 Å². The van der Waals surface area contributed by atoms with E-state index >= 15 is 0 Å². The highest BCUT2D eigenvalue weighted by atomic mass is 16.2. The quantitative estimate of drug-likeness (QED) is 0.140. The number of benzene rings is 1. The lowest BCUT2D eigenvalue weighted by Gasteiger charge is -2.07. The Labute approximate surface area is 206 Å². The van der Waals surface area contributed by atoms with Gasteiger partial charge >= 0.3 is 6.03 Å². The van der Waals surface area contributed by atoms with Gasteiger partial charge in [-0.2, -0.15) is 4.99 Å². The Hall–Kier alpha value is -4.34. The Morgan fingerprint density at radius 2 is 1.89 bits per heavy atom. The van der Waals surface area contributed by atoms with Crippen molar-refractivity contribution in [2.24, 2.45) is 16.6 Å². The summed E-state index contributed by atoms with van der Waals surface area (Å²) in [7, 11) is 0. The van der Waals surface area contributed by atoms with Gasteiger partial charge in [-0.05, 0) is 43.2 Å². The number of urea groups is 1. The van der Waals surface area contributed by atoms with Crippen LogP contribution >= 0.6 is 0 Å². The molecule has 0 spiro atoms. The fourth-order valence-corrected chi connectivity index (χ4v) is 2.79. The molecule has 2 rings (SSSR count). The second kappa shape index (κ2) is 14.7. The van der Waals surface area contributed by atoms with E-state index in [1.807, 2.05) is 0 Å². The molecule has 0 radical (unpaired) electrons. The van der Waals surface area contributed by atoms with Crippen LogP contribution in [0.4, 0.5) is 22.0 Å². The van der Waals surface area contributed by atoms with Crippen LogP contribution in [0.15, 0.2) is 53.0 Å². The highest BCUT2D eigenvalue weighted by molar-refractivity contribution is 6.17. The summed E-state index contributed by atoms with van der Waals surface area (Å²) in [5.74, 6) is 0.446. The van der Waals surface area contributed by atoms with Gasteiger partial charge in [-0.25, -0.2) is 9.78 Å². The summed E-state index contributed by atoms with van der Waals surface area (Å²) in [4.78, 5) is 32.0. The van der Waals surface area contributed by atoms with Crippen molar-refractivity contribution in [2.75, 3.05) is 16.4 Å². The molecule has 1 aromatic heterocycles. The minimum Gasteiger partial charge on any atom is -0.398 e. The summed E-state index contributed by atoms with van der Waals surface area (Å²) >= 11 is 0. The number of aliphatic imine (C=N–C) groups is 1. The molecule has 186 valence electrons. The van der Waals surface area contributed by atoms with Gasteiger partial charge in [0.05, 0.1) is 5.57 Å². The number of allylic oxidation sites excluding steroid dienone is 1. The zero-order valence-corrected chi connectivity index (χ0v) is 20.6. The number of amides is 3. The van der Waals surface area contributed by atoms with E-state index in [9.17, 15) is 9.59 Å². The number of anilines is 3. The number of nitrogens with one attached hydrogen (secondary N) is 4. The Bertz CT molecular complexity index is 1110. The predicted molar refractivity (Wildman–Crippen MR) is 144 cm³/mol. The zero-order chi connectivity index (χ0) is 26.4. The Morgan fingerprint density at radius 1 is 1.17 bits per heavy atom. The number of carbonyl (C=O) groups excluding carboxylic acids is 2. The van der Waals surface area contributed by atoms with Gasteiger partial charge in [-0.15, -0.1) is 0 Å². The van der Waals surface area contributed by atoms with E-state index < -0.39 is 11.9 Å². The molecule has 0 fully saturated rings. The monoisotopic (exact) mass is 478 g/mol. The number of pyridine rings is 1. The maximum Gasteiger partial charge on any atom is 0.347 e. The molecule has 8 N–H and O–H groups in total. The van der Waals surface area contributed by atoms with Crippen LogP contribution in [0.2, 0.25) is 0 Å². The highest BCUT2D eigenvalue weighted by Crippen LogP contribution is 2.16. The number of amidine groups is 1. The second-order valence-electron chi connectivity index (χ2n) is 7.85. The maximum absolute atomic E-state index is 12.1. The van der Waals surface area contributed by atoms with Gasteiger partial charge in [0.15, 0.2) is 5.84 Å². The van der Waals surface area contributed by atoms with E-state index in [0.717, 1.165) is 18.3 Å². The molecule has 0 unspecified atom stereocenters. The number of nitrogens with zero attached hydrogens (tertiary/aromatic N) is 2. The van der Waals surface area contributed by atoms with Crippen molar-refractivity contribution in [3.8, 4) is 0 Å². The number of aromatic nitrogens is 1. The number of hydrogen-bond donors (Lipinski definition) is 6. The molecule has 1 aromatic carbocycles. The van der Waals surface area contributed by atoms with E-state index in [0.29, 0.717) is 16.9 Å². The molecule has 0 saturated heterocycles. The topological polar surface area (TPSA) is 183 Å². The normalized spacial score (nSPS) is 11.2. The predicted octanol–water partition coefficient (Wildman–Crippen LogP) is 4.58. The first-order valence-electron chi connectivity index (χ1n) is 11.2.